The van der Waals surface area contributed by atoms with Crippen molar-refractivity contribution in [3.63, 3.8) is 0 Å². The zero-order chi connectivity index (χ0) is 17.4. The molecular formula is C18H15Cl2NO3. The minimum atomic E-state index is -0.888. The molecule has 0 bridgehead atoms. The minimum Gasteiger partial charge on any atom is -0.476 e. The van der Waals surface area contributed by atoms with E-state index in [2.05, 4.69) is 0 Å². The Balaban J connectivity index is 1.87. The number of hydrogen-bond donors (Lipinski definition) is 0. The molecule has 1 aliphatic rings. The fourth-order valence-corrected chi connectivity index (χ4v) is 3.17. The molecule has 3 rings (SSSR count). The summed E-state index contributed by atoms with van der Waals surface area (Å²) in [6, 6.07) is 9.68. The summed E-state index contributed by atoms with van der Waals surface area (Å²) >= 11 is 11.9. The minimum absolute atomic E-state index is 0.271. The highest BCUT2D eigenvalue weighted by Gasteiger charge is 2.50. The molecule has 0 saturated carbocycles. The van der Waals surface area contributed by atoms with Crippen LogP contribution in [0.5, 0.6) is 5.75 Å². The Labute approximate surface area is 149 Å². The number of aldehydes is 1. The topological polar surface area (TPSA) is 46.6 Å². The van der Waals surface area contributed by atoms with E-state index >= 15 is 0 Å². The Bertz CT molecular complexity index is 822. The second-order valence-corrected chi connectivity index (χ2v) is 6.51. The van der Waals surface area contributed by atoms with E-state index in [0.29, 0.717) is 15.8 Å². The van der Waals surface area contributed by atoms with Gasteiger partial charge in [-0.05, 0) is 49.2 Å². The molecular weight excluding hydrogens is 349 g/mol. The molecule has 2 aromatic carbocycles. The van der Waals surface area contributed by atoms with Crippen LogP contribution in [0, 0.1) is 13.8 Å². The lowest BCUT2D eigenvalue weighted by Crippen LogP contribution is -2.68. The van der Waals surface area contributed by atoms with Crippen LogP contribution in [0.15, 0.2) is 36.4 Å². The molecule has 1 amide bonds. The van der Waals surface area contributed by atoms with Gasteiger partial charge >= 0.3 is 0 Å². The van der Waals surface area contributed by atoms with E-state index in [4.69, 9.17) is 27.9 Å². The van der Waals surface area contributed by atoms with Crippen molar-refractivity contribution in [2.45, 2.75) is 26.0 Å². The summed E-state index contributed by atoms with van der Waals surface area (Å²) in [5.41, 5.74) is 2.73. The lowest BCUT2D eigenvalue weighted by atomic mass is 9.95. The SMILES string of the molecule is Cc1cccc(N2C(=O)[C@H](Oc3ccc(Cl)cc3Cl)[C@@H]2C=O)c1C. The highest BCUT2D eigenvalue weighted by molar-refractivity contribution is 6.35. The van der Waals surface area contributed by atoms with Crippen molar-refractivity contribution >= 4 is 41.1 Å². The number of rotatable bonds is 4. The van der Waals surface area contributed by atoms with Crippen LogP contribution in [0.25, 0.3) is 0 Å². The molecule has 24 heavy (non-hydrogen) atoms. The summed E-state index contributed by atoms with van der Waals surface area (Å²) in [5, 5.41) is 0.765. The molecule has 1 heterocycles. The molecule has 0 aliphatic carbocycles. The summed E-state index contributed by atoms with van der Waals surface area (Å²) in [6.45, 7) is 3.88. The van der Waals surface area contributed by atoms with Crippen molar-refractivity contribution in [3.8, 4) is 5.75 Å². The van der Waals surface area contributed by atoms with Gasteiger partial charge in [0.2, 0.25) is 6.10 Å². The molecule has 2 aromatic rings. The van der Waals surface area contributed by atoms with Crippen molar-refractivity contribution < 1.29 is 14.3 Å². The van der Waals surface area contributed by atoms with E-state index in [1.807, 2.05) is 32.0 Å². The number of hydrogen-bond acceptors (Lipinski definition) is 3. The lowest BCUT2D eigenvalue weighted by Gasteiger charge is -2.44. The summed E-state index contributed by atoms with van der Waals surface area (Å²) in [7, 11) is 0. The molecule has 2 atom stereocenters. The monoisotopic (exact) mass is 363 g/mol. The second kappa shape index (κ2) is 6.46. The normalized spacial score (nSPS) is 19.8. The number of halogens is 2. The maximum atomic E-state index is 12.6. The number of ether oxygens (including phenoxy) is 1. The number of β-lactam (4-membered cyclic amide) rings is 1. The third-order valence-electron chi connectivity index (χ3n) is 4.21. The van der Waals surface area contributed by atoms with Gasteiger partial charge in [-0.1, -0.05) is 35.3 Å². The van der Waals surface area contributed by atoms with E-state index < -0.39 is 12.1 Å². The fraction of sp³-hybridized carbons (Fsp3) is 0.222. The van der Waals surface area contributed by atoms with E-state index in [-0.39, 0.29) is 5.91 Å². The first-order valence-electron chi connectivity index (χ1n) is 7.40. The van der Waals surface area contributed by atoms with Crippen LogP contribution in [-0.2, 0) is 9.59 Å². The highest BCUT2D eigenvalue weighted by atomic mass is 35.5. The zero-order valence-corrected chi connectivity index (χ0v) is 14.6. The third kappa shape index (κ3) is 2.76. The number of amides is 1. The van der Waals surface area contributed by atoms with Crippen LogP contribution in [0.1, 0.15) is 11.1 Å². The Morgan fingerprint density at radius 1 is 1.17 bits per heavy atom. The first-order valence-corrected chi connectivity index (χ1v) is 8.16. The van der Waals surface area contributed by atoms with E-state index in [9.17, 15) is 9.59 Å². The quantitative estimate of drug-likeness (QED) is 0.609. The van der Waals surface area contributed by atoms with Crippen molar-refractivity contribution in [2.75, 3.05) is 4.90 Å². The molecule has 0 spiro atoms. The van der Waals surface area contributed by atoms with Gasteiger partial charge in [-0.15, -0.1) is 0 Å². The van der Waals surface area contributed by atoms with Crippen LogP contribution >= 0.6 is 23.2 Å². The predicted molar refractivity (Wildman–Crippen MR) is 94.1 cm³/mol. The molecule has 1 saturated heterocycles. The van der Waals surface area contributed by atoms with Crippen molar-refractivity contribution in [1.82, 2.24) is 0 Å². The van der Waals surface area contributed by atoms with E-state index in [0.717, 1.165) is 23.1 Å². The Kier molecular flexibility index (Phi) is 4.52. The smallest absolute Gasteiger partial charge is 0.271 e. The summed E-state index contributed by atoms with van der Waals surface area (Å²) in [5.74, 6) is 0.0543. The van der Waals surface area contributed by atoms with Gasteiger partial charge in [0, 0.05) is 10.7 Å². The number of carbonyl (C=O) groups excluding carboxylic acids is 2. The molecule has 1 fully saturated rings. The van der Waals surface area contributed by atoms with Crippen molar-refractivity contribution in [2.24, 2.45) is 0 Å². The van der Waals surface area contributed by atoms with Gasteiger partial charge in [0.1, 0.15) is 18.1 Å². The van der Waals surface area contributed by atoms with Crippen LogP contribution in [0.3, 0.4) is 0 Å². The summed E-state index contributed by atoms with van der Waals surface area (Å²) in [4.78, 5) is 25.5. The Morgan fingerprint density at radius 2 is 1.92 bits per heavy atom. The van der Waals surface area contributed by atoms with Gasteiger partial charge in [0.25, 0.3) is 5.91 Å². The van der Waals surface area contributed by atoms with E-state index in [1.165, 1.54) is 11.0 Å². The van der Waals surface area contributed by atoms with Gasteiger partial charge in [0.05, 0.1) is 5.02 Å². The predicted octanol–water partition coefficient (Wildman–Crippen LogP) is 3.97. The number of benzene rings is 2. The molecule has 0 radical (unpaired) electrons. The molecule has 124 valence electrons. The Hall–Kier alpha value is -2.04. The molecule has 6 heteroatoms. The van der Waals surface area contributed by atoms with Crippen molar-refractivity contribution in [3.05, 3.63) is 57.6 Å². The van der Waals surface area contributed by atoms with Crippen LogP contribution < -0.4 is 9.64 Å². The largest absolute Gasteiger partial charge is 0.476 e. The number of nitrogens with zero attached hydrogens (tertiary/aromatic N) is 1. The lowest BCUT2D eigenvalue weighted by molar-refractivity contribution is -0.138. The molecule has 4 nitrogen and oxygen atoms in total. The second-order valence-electron chi connectivity index (χ2n) is 5.67. The summed E-state index contributed by atoms with van der Waals surface area (Å²) in [6.07, 6.45) is -0.168. The highest BCUT2D eigenvalue weighted by Crippen LogP contribution is 2.35. The first-order chi connectivity index (χ1) is 11.4. The van der Waals surface area contributed by atoms with Gasteiger partial charge < -0.3 is 9.53 Å². The molecule has 0 unspecified atom stereocenters. The van der Waals surface area contributed by atoms with Crippen LogP contribution in [-0.4, -0.2) is 24.3 Å². The van der Waals surface area contributed by atoms with Gasteiger partial charge in [-0.3, -0.25) is 9.69 Å². The van der Waals surface area contributed by atoms with Gasteiger partial charge in [0.15, 0.2) is 0 Å². The average Bonchev–Trinajstić information content (AvgIpc) is 2.55. The van der Waals surface area contributed by atoms with Crippen LogP contribution in [0.4, 0.5) is 5.69 Å². The summed E-state index contributed by atoms with van der Waals surface area (Å²) < 4.78 is 5.66. The standard InChI is InChI=1S/C18H15Cl2NO3/c1-10-4-3-5-14(11(10)2)21-15(9-22)17(18(21)23)24-16-7-6-12(19)8-13(16)20/h3-9,15,17H,1-2H3/t15-,17+/m0/s1. The van der Waals surface area contributed by atoms with Crippen molar-refractivity contribution in [1.29, 1.82) is 0 Å². The van der Waals surface area contributed by atoms with Crippen LogP contribution in [0.2, 0.25) is 10.0 Å². The average molecular weight is 364 g/mol. The molecule has 1 aliphatic heterocycles. The third-order valence-corrected chi connectivity index (χ3v) is 4.74. The van der Waals surface area contributed by atoms with E-state index in [1.54, 1.807) is 12.1 Å². The molecule has 0 N–H and O–H groups in total. The fourth-order valence-electron chi connectivity index (χ4n) is 2.72. The molecule has 0 aromatic heterocycles. The van der Waals surface area contributed by atoms with Gasteiger partial charge in [-0.2, -0.15) is 0 Å². The van der Waals surface area contributed by atoms with Gasteiger partial charge in [-0.25, -0.2) is 0 Å². The number of anilines is 1. The first kappa shape index (κ1) is 16.8. The maximum Gasteiger partial charge on any atom is 0.271 e. The maximum absolute atomic E-state index is 12.6. The number of carbonyl (C=O) groups is 2. The number of aryl methyl sites for hydroxylation is 1. The Morgan fingerprint density at radius 3 is 2.58 bits per heavy atom. The zero-order valence-electron chi connectivity index (χ0n) is 13.1.